The number of rotatable bonds is 6. The molecule has 0 unspecified atom stereocenters. The Labute approximate surface area is 61.5 Å². The summed E-state index contributed by atoms with van der Waals surface area (Å²) in [5.41, 5.74) is 5.25. The maximum Gasteiger partial charge on any atom is 0.158 e. The van der Waals surface area contributed by atoms with Crippen LogP contribution in [-0.4, -0.2) is 26.0 Å². The van der Waals surface area contributed by atoms with E-state index in [0.29, 0.717) is 13.0 Å². The van der Waals surface area contributed by atoms with Gasteiger partial charge < -0.3 is 10.5 Å². The summed E-state index contributed by atoms with van der Waals surface area (Å²) >= 11 is 0. The Balaban J connectivity index is 3.05. The molecule has 0 rings (SSSR count). The van der Waals surface area contributed by atoms with Crippen molar-refractivity contribution < 1.29 is 9.53 Å². The number of hydrogen-bond acceptors (Lipinski definition) is 3. The van der Waals surface area contributed by atoms with Gasteiger partial charge in [-0.25, -0.2) is 0 Å². The van der Waals surface area contributed by atoms with Gasteiger partial charge >= 0.3 is 0 Å². The average Bonchev–Trinajstić information content (AvgIpc) is 1.89. The molecular weight excluding hydrogens is 130 g/mol. The summed E-state index contributed by atoms with van der Waals surface area (Å²) in [7, 11) is 1.53. The van der Waals surface area contributed by atoms with Crippen LogP contribution in [0, 0.1) is 0 Å². The van der Waals surface area contributed by atoms with Gasteiger partial charge in [0, 0.05) is 13.5 Å². The third kappa shape index (κ3) is 5.72. The van der Waals surface area contributed by atoms with Crippen LogP contribution in [0.15, 0.2) is 0 Å². The third-order valence-electron chi connectivity index (χ3n) is 1.22. The van der Waals surface area contributed by atoms with Gasteiger partial charge in [0.15, 0.2) is 5.78 Å². The Bertz CT molecular complexity index is 93.6. The van der Waals surface area contributed by atoms with Gasteiger partial charge in [0.25, 0.3) is 0 Å². The first-order chi connectivity index (χ1) is 4.81. The topological polar surface area (TPSA) is 52.3 Å². The normalized spacial score (nSPS) is 9.80. The van der Waals surface area contributed by atoms with Gasteiger partial charge in [-0.1, -0.05) is 0 Å². The van der Waals surface area contributed by atoms with Gasteiger partial charge in [-0.15, -0.1) is 0 Å². The molecule has 0 atom stereocenters. The van der Waals surface area contributed by atoms with E-state index >= 15 is 0 Å². The van der Waals surface area contributed by atoms with Gasteiger partial charge in [0.05, 0.1) is 0 Å². The zero-order valence-electron chi connectivity index (χ0n) is 6.43. The zero-order valence-corrected chi connectivity index (χ0v) is 6.43. The van der Waals surface area contributed by atoms with E-state index < -0.39 is 0 Å². The molecule has 0 bridgehead atoms. The van der Waals surface area contributed by atoms with Crippen LogP contribution in [0.5, 0.6) is 0 Å². The fourth-order valence-electron chi connectivity index (χ4n) is 0.700. The molecule has 0 aliphatic carbocycles. The Morgan fingerprint density at radius 1 is 1.50 bits per heavy atom. The van der Waals surface area contributed by atoms with E-state index in [2.05, 4.69) is 4.74 Å². The molecule has 0 fully saturated rings. The van der Waals surface area contributed by atoms with E-state index in [-0.39, 0.29) is 12.4 Å². The molecule has 0 saturated heterocycles. The molecule has 2 N–H and O–H groups in total. The maximum atomic E-state index is 10.8. The minimum Gasteiger partial charge on any atom is -0.377 e. The van der Waals surface area contributed by atoms with Crippen LogP contribution in [0.4, 0.5) is 0 Å². The van der Waals surface area contributed by atoms with Crippen molar-refractivity contribution in [1.29, 1.82) is 0 Å². The highest BCUT2D eigenvalue weighted by Gasteiger charge is 1.98. The molecule has 0 heterocycles. The quantitative estimate of drug-likeness (QED) is 0.548. The molecule has 0 aromatic rings. The van der Waals surface area contributed by atoms with Crippen LogP contribution in [0.2, 0.25) is 0 Å². The summed E-state index contributed by atoms with van der Waals surface area (Å²) in [4.78, 5) is 10.8. The summed E-state index contributed by atoms with van der Waals surface area (Å²) in [6, 6.07) is 0. The van der Waals surface area contributed by atoms with Gasteiger partial charge in [-0.3, -0.25) is 4.79 Å². The number of carbonyl (C=O) groups excluding carboxylic acids is 1. The summed E-state index contributed by atoms with van der Waals surface area (Å²) in [5, 5.41) is 0. The lowest BCUT2D eigenvalue weighted by Gasteiger charge is -1.96. The molecule has 0 aromatic carbocycles. The number of ether oxygens (including phenoxy) is 1. The monoisotopic (exact) mass is 145 g/mol. The molecule has 0 saturated carbocycles. The molecule has 0 aromatic heterocycles. The summed E-state index contributed by atoms with van der Waals surface area (Å²) in [6.45, 7) is 0.908. The molecular formula is C7H15NO2. The molecule has 3 nitrogen and oxygen atoms in total. The van der Waals surface area contributed by atoms with Crippen molar-refractivity contribution in [3.63, 3.8) is 0 Å². The Kier molecular flexibility index (Phi) is 6.43. The van der Waals surface area contributed by atoms with Crippen LogP contribution in [-0.2, 0) is 9.53 Å². The van der Waals surface area contributed by atoms with E-state index in [1.165, 1.54) is 7.11 Å². The number of unbranched alkanes of at least 4 members (excludes halogenated alkanes) is 1. The van der Waals surface area contributed by atoms with E-state index in [0.717, 1.165) is 12.8 Å². The predicted octanol–water partition coefficient (Wildman–Crippen LogP) is 0.331. The molecule has 0 amide bonds. The minimum atomic E-state index is 0.163. The van der Waals surface area contributed by atoms with Gasteiger partial charge in [-0.2, -0.15) is 0 Å². The van der Waals surface area contributed by atoms with Crippen molar-refractivity contribution in [2.24, 2.45) is 5.73 Å². The third-order valence-corrected chi connectivity index (χ3v) is 1.22. The smallest absolute Gasteiger partial charge is 0.158 e. The van der Waals surface area contributed by atoms with Crippen molar-refractivity contribution in [1.82, 2.24) is 0 Å². The molecule has 0 aliphatic heterocycles. The highest BCUT2D eigenvalue weighted by Crippen LogP contribution is 1.94. The fraction of sp³-hybridized carbons (Fsp3) is 0.857. The van der Waals surface area contributed by atoms with Gasteiger partial charge in [0.1, 0.15) is 6.61 Å². The van der Waals surface area contributed by atoms with E-state index in [4.69, 9.17) is 5.73 Å². The van der Waals surface area contributed by atoms with Gasteiger partial charge in [-0.05, 0) is 19.4 Å². The second kappa shape index (κ2) is 6.71. The second-order valence-electron chi connectivity index (χ2n) is 2.22. The molecule has 0 radical (unpaired) electrons. The summed E-state index contributed by atoms with van der Waals surface area (Å²) in [6.07, 6.45) is 2.42. The van der Waals surface area contributed by atoms with E-state index in [9.17, 15) is 4.79 Å². The molecule has 0 aliphatic rings. The molecule has 3 heteroatoms. The first kappa shape index (κ1) is 9.59. The van der Waals surface area contributed by atoms with Crippen LogP contribution >= 0.6 is 0 Å². The van der Waals surface area contributed by atoms with Crippen LogP contribution in [0.1, 0.15) is 19.3 Å². The van der Waals surface area contributed by atoms with Crippen molar-refractivity contribution >= 4 is 5.78 Å². The lowest BCUT2D eigenvalue weighted by atomic mass is 10.2. The minimum absolute atomic E-state index is 0.163. The number of hydrogen-bond donors (Lipinski definition) is 1. The summed E-state index contributed by atoms with van der Waals surface area (Å²) < 4.78 is 4.65. The highest BCUT2D eigenvalue weighted by molar-refractivity contribution is 5.79. The first-order valence-corrected chi connectivity index (χ1v) is 3.52. The molecule has 0 spiro atoms. The van der Waals surface area contributed by atoms with Crippen molar-refractivity contribution in [2.45, 2.75) is 19.3 Å². The Morgan fingerprint density at radius 3 is 2.70 bits per heavy atom. The Hall–Kier alpha value is -0.410. The lowest BCUT2D eigenvalue weighted by Crippen LogP contribution is -2.07. The van der Waals surface area contributed by atoms with Crippen LogP contribution < -0.4 is 5.73 Å². The predicted molar refractivity (Wildman–Crippen MR) is 39.8 cm³/mol. The maximum absolute atomic E-state index is 10.8. The molecule has 60 valence electrons. The second-order valence-corrected chi connectivity index (χ2v) is 2.22. The zero-order chi connectivity index (χ0) is 7.82. The average molecular weight is 145 g/mol. The van der Waals surface area contributed by atoms with Crippen LogP contribution in [0.25, 0.3) is 0 Å². The van der Waals surface area contributed by atoms with E-state index in [1.54, 1.807) is 0 Å². The largest absolute Gasteiger partial charge is 0.377 e. The molecule has 10 heavy (non-hydrogen) atoms. The Morgan fingerprint density at radius 2 is 2.20 bits per heavy atom. The lowest BCUT2D eigenvalue weighted by molar-refractivity contribution is -0.122. The van der Waals surface area contributed by atoms with Crippen molar-refractivity contribution in [3.8, 4) is 0 Å². The number of nitrogens with two attached hydrogens (primary N) is 1. The van der Waals surface area contributed by atoms with Crippen LogP contribution in [0.3, 0.4) is 0 Å². The fourth-order valence-corrected chi connectivity index (χ4v) is 0.700. The number of ketones is 1. The number of carbonyl (C=O) groups is 1. The standard InChI is InChI=1S/C7H15NO2/c1-10-6-7(9)4-2-3-5-8/h2-6,8H2,1H3. The number of methoxy groups -OCH3 is 1. The SMILES string of the molecule is COCC(=O)CCCCN. The highest BCUT2D eigenvalue weighted by atomic mass is 16.5. The number of Topliss-reactive ketones (excluding diaryl/α,β-unsaturated/α-hetero) is 1. The van der Waals surface area contributed by atoms with E-state index in [1.807, 2.05) is 0 Å². The first-order valence-electron chi connectivity index (χ1n) is 3.52. The van der Waals surface area contributed by atoms with Crippen molar-refractivity contribution in [3.05, 3.63) is 0 Å². The van der Waals surface area contributed by atoms with Crippen molar-refractivity contribution in [2.75, 3.05) is 20.3 Å². The summed E-state index contributed by atoms with van der Waals surface area (Å²) in [5.74, 6) is 0.163. The van der Waals surface area contributed by atoms with Gasteiger partial charge in [0.2, 0.25) is 0 Å².